The molecule has 0 radical (unpaired) electrons. The van der Waals surface area contributed by atoms with E-state index in [2.05, 4.69) is 22.7 Å². The lowest BCUT2D eigenvalue weighted by Gasteiger charge is -2.12. The molecule has 0 saturated heterocycles. The van der Waals surface area contributed by atoms with E-state index in [1.54, 1.807) is 7.11 Å². The summed E-state index contributed by atoms with van der Waals surface area (Å²) < 4.78 is 7.38. The van der Waals surface area contributed by atoms with Crippen molar-refractivity contribution in [2.24, 2.45) is 5.92 Å². The van der Waals surface area contributed by atoms with Gasteiger partial charge in [0.1, 0.15) is 11.3 Å². The molecular weight excluding hydrogens is 246 g/mol. The molecule has 4 nitrogen and oxygen atoms in total. The van der Waals surface area contributed by atoms with Gasteiger partial charge in [-0.05, 0) is 30.1 Å². The van der Waals surface area contributed by atoms with Crippen LogP contribution < -0.4 is 10.5 Å². The number of rotatable bonds is 5. The molecular formula is C13H19N3OS. The molecule has 0 spiro atoms. The Bertz CT molecular complexity index is 538. The topological polar surface area (TPSA) is 53.1 Å². The molecule has 1 heterocycles. The molecule has 0 saturated carbocycles. The molecule has 1 atom stereocenters. The van der Waals surface area contributed by atoms with E-state index in [1.165, 1.54) is 0 Å². The average molecular weight is 265 g/mol. The molecule has 2 aromatic rings. The summed E-state index contributed by atoms with van der Waals surface area (Å²) in [4.78, 5) is 4.41. The Morgan fingerprint density at radius 1 is 1.50 bits per heavy atom. The highest BCUT2D eigenvalue weighted by atomic mass is 32.2. The van der Waals surface area contributed by atoms with Crippen LogP contribution in [0.15, 0.2) is 18.2 Å². The summed E-state index contributed by atoms with van der Waals surface area (Å²) in [6.07, 6.45) is 2.12. The Kier molecular flexibility index (Phi) is 4.01. The standard InChI is InChI=1S/C13H19N3OS/c1-9(8-18-3)7-16-10-5-4-6-11(17-2)12(10)15-13(16)14/h4-6,9H,7-8H2,1-3H3,(H2,14,15). The lowest BCUT2D eigenvalue weighted by Crippen LogP contribution is -2.12. The summed E-state index contributed by atoms with van der Waals surface area (Å²) >= 11 is 1.85. The van der Waals surface area contributed by atoms with Crippen LogP contribution in [0.2, 0.25) is 0 Å². The molecule has 1 aromatic heterocycles. The van der Waals surface area contributed by atoms with E-state index in [-0.39, 0.29) is 0 Å². The molecule has 2 rings (SSSR count). The van der Waals surface area contributed by atoms with Gasteiger partial charge in [-0.15, -0.1) is 0 Å². The molecule has 0 bridgehead atoms. The van der Waals surface area contributed by atoms with Gasteiger partial charge in [-0.1, -0.05) is 13.0 Å². The highest BCUT2D eigenvalue weighted by Crippen LogP contribution is 2.27. The fraction of sp³-hybridized carbons (Fsp3) is 0.462. The van der Waals surface area contributed by atoms with Gasteiger partial charge in [0.25, 0.3) is 0 Å². The van der Waals surface area contributed by atoms with Gasteiger partial charge in [-0.2, -0.15) is 11.8 Å². The Balaban J connectivity index is 2.41. The van der Waals surface area contributed by atoms with Gasteiger partial charge in [0.2, 0.25) is 5.95 Å². The Hall–Kier alpha value is -1.36. The van der Waals surface area contributed by atoms with E-state index in [4.69, 9.17) is 10.5 Å². The fourth-order valence-electron chi connectivity index (χ4n) is 2.14. The predicted molar refractivity (Wildman–Crippen MR) is 78.2 cm³/mol. The Morgan fingerprint density at radius 3 is 2.94 bits per heavy atom. The van der Waals surface area contributed by atoms with Gasteiger partial charge in [0.05, 0.1) is 12.6 Å². The van der Waals surface area contributed by atoms with Gasteiger partial charge in [-0.25, -0.2) is 4.98 Å². The van der Waals surface area contributed by atoms with E-state index in [9.17, 15) is 0 Å². The molecule has 1 aromatic carbocycles. The maximum absolute atomic E-state index is 6.01. The smallest absolute Gasteiger partial charge is 0.201 e. The Labute approximate surface area is 112 Å². The molecule has 2 N–H and O–H groups in total. The van der Waals surface area contributed by atoms with Crippen LogP contribution in [0.25, 0.3) is 11.0 Å². The molecule has 0 fully saturated rings. The first-order valence-corrected chi connectivity index (χ1v) is 7.34. The number of anilines is 1. The third-order valence-electron chi connectivity index (χ3n) is 2.94. The van der Waals surface area contributed by atoms with Gasteiger partial charge < -0.3 is 15.0 Å². The quantitative estimate of drug-likeness (QED) is 0.903. The van der Waals surface area contributed by atoms with Crippen molar-refractivity contribution in [3.8, 4) is 5.75 Å². The lowest BCUT2D eigenvalue weighted by atomic mass is 10.2. The highest BCUT2D eigenvalue weighted by Gasteiger charge is 2.13. The van der Waals surface area contributed by atoms with Crippen molar-refractivity contribution >= 4 is 28.7 Å². The maximum Gasteiger partial charge on any atom is 0.201 e. The zero-order valence-corrected chi connectivity index (χ0v) is 11.8. The monoisotopic (exact) mass is 265 g/mol. The van der Waals surface area contributed by atoms with E-state index in [0.29, 0.717) is 11.9 Å². The molecule has 0 aliphatic carbocycles. The number of imidazole rings is 1. The first-order valence-electron chi connectivity index (χ1n) is 5.95. The average Bonchev–Trinajstić information content (AvgIpc) is 2.66. The number of benzene rings is 1. The largest absolute Gasteiger partial charge is 0.494 e. The number of nitrogens with zero attached hydrogens (tertiary/aromatic N) is 2. The van der Waals surface area contributed by atoms with Crippen molar-refractivity contribution in [2.75, 3.05) is 24.9 Å². The number of nitrogens with two attached hydrogens (primary N) is 1. The first kappa shape index (κ1) is 13.1. The second-order valence-corrected chi connectivity index (χ2v) is 5.38. The number of aromatic nitrogens is 2. The molecule has 0 amide bonds. The van der Waals surface area contributed by atoms with Crippen LogP contribution in [-0.4, -0.2) is 28.7 Å². The van der Waals surface area contributed by atoms with Crippen molar-refractivity contribution in [1.29, 1.82) is 0 Å². The number of nitrogen functional groups attached to an aromatic ring is 1. The predicted octanol–water partition coefficient (Wildman–Crippen LogP) is 2.63. The summed E-state index contributed by atoms with van der Waals surface area (Å²) in [6.45, 7) is 3.11. The summed E-state index contributed by atoms with van der Waals surface area (Å²) in [6, 6.07) is 5.91. The van der Waals surface area contributed by atoms with Gasteiger partial charge in [0, 0.05) is 6.54 Å². The van der Waals surface area contributed by atoms with E-state index in [0.717, 1.165) is 29.1 Å². The summed E-state index contributed by atoms with van der Waals surface area (Å²) in [5.74, 6) is 3.01. The minimum absolute atomic E-state index is 0.558. The molecule has 98 valence electrons. The fourth-order valence-corrected chi connectivity index (χ4v) is 2.82. The van der Waals surface area contributed by atoms with Crippen molar-refractivity contribution < 1.29 is 4.74 Å². The first-order chi connectivity index (χ1) is 8.67. The molecule has 0 aliphatic rings. The molecule has 5 heteroatoms. The van der Waals surface area contributed by atoms with E-state index >= 15 is 0 Å². The SMILES string of the molecule is COc1cccc2c1nc(N)n2CC(C)CSC. The van der Waals surface area contributed by atoms with Crippen molar-refractivity contribution in [2.45, 2.75) is 13.5 Å². The van der Waals surface area contributed by atoms with E-state index in [1.807, 2.05) is 30.0 Å². The van der Waals surface area contributed by atoms with Crippen molar-refractivity contribution in [3.63, 3.8) is 0 Å². The van der Waals surface area contributed by atoms with Gasteiger partial charge in [-0.3, -0.25) is 0 Å². The van der Waals surface area contributed by atoms with Crippen molar-refractivity contribution in [1.82, 2.24) is 9.55 Å². The Morgan fingerprint density at radius 2 is 2.28 bits per heavy atom. The summed E-state index contributed by atoms with van der Waals surface area (Å²) in [5.41, 5.74) is 7.89. The zero-order valence-electron chi connectivity index (χ0n) is 11.0. The molecule has 18 heavy (non-hydrogen) atoms. The summed E-state index contributed by atoms with van der Waals surface area (Å²) in [5, 5.41) is 0. The van der Waals surface area contributed by atoms with Crippen LogP contribution in [0.5, 0.6) is 5.75 Å². The second-order valence-electron chi connectivity index (χ2n) is 4.47. The highest BCUT2D eigenvalue weighted by molar-refractivity contribution is 7.98. The minimum Gasteiger partial charge on any atom is -0.494 e. The van der Waals surface area contributed by atoms with Crippen LogP contribution in [0.3, 0.4) is 0 Å². The summed E-state index contributed by atoms with van der Waals surface area (Å²) in [7, 11) is 1.65. The van der Waals surface area contributed by atoms with Crippen molar-refractivity contribution in [3.05, 3.63) is 18.2 Å². The number of hydrogen-bond acceptors (Lipinski definition) is 4. The van der Waals surface area contributed by atoms with Crippen LogP contribution in [-0.2, 0) is 6.54 Å². The number of hydrogen-bond donors (Lipinski definition) is 1. The lowest BCUT2D eigenvalue weighted by molar-refractivity contribution is 0.419. The normalized spacial score (nSPS) is 12.8. The second kappa shape index (κ2) is 5.52. The minimum atomic E-state index is 0.558. The van der Waals surface area contributed by atoms with Crippen LogP contribution >= 0.6 is 11.8 Å². The van der Waals surface area contributed by atoms with Crippen LogP contribution in [0.1, 0.15) is 6.92 Å². The van der Waals surface area contributed by atoms with Crippen LogP contribution in [0, 0.1) is 5.92 Å². The molecule has 0 aliphatic heterocycles. The maximum atomic E-state index is 6.01. The zero-order chi connectivity index (χ0) is 13.1. The van der Waals surface area contributed by atoms with Crippen LogP contribution in [0.4, 0.5) is 5.95 Å². The number of para-hydroxylation sites is 1. The number of methoxy groups -OCH3 is 1. The number of thioether (sulfide) groups is 1. The number of fused-ring (bicyclic) bond motifs is 1. The molecule has 1 unspecified atom stereocenters. The number of ether oxygens (including phenoxy) is 1. The van der Waals surface area contributed by atoms with E-state index < -0.39 is 0 Å². The van der Waals surface area contributed by atoms with Gasteiger partial charge in [0.15, 0.2) is 0 Å². The third kappa shape index (κ3) is 2.41. The van der Waals surface area contributed by atoms with Gasteiger partial charge >= 0.3 is 0 Å². The third-order valence-corrected chi connectivity index (χ3v) is 3.84.